The topological polar surface area (TPSA) is 35.2 Å². The first-order valence-corrected chi connectivity index (χ1v) is 14.4. The Balaban J connectivity index is 3.21. The second kappa shape index (κ2) is 28.4. The summed E-state index contributed by atoms with van der Waals surface area (Å²) in [7, 11) is 0. The highest BCUT2D eigenvalue weighted by Gasteiger charge is 2.02. The second-order valence-electron chi connectivity index (χ2n) is 9.68. The molecule has 0 aromatic rings. The van der Waals surface area contributed by atoms with Crippen LogP contribution in [0.5, 0.6) is 0 Å². The molecule has 1 atom stereocenters. The van der Waals surface area contributed by atoms with Crippen LogP contribution in [0.15, 0.2) is 24.3 Å². The van der Waals surface area contributed by atoms with Crippen molar-refractivity contribution in [2.45, 2.75) is 155 Å². The van der Waals surface area contributed by atoms with Gasteiger partial charge in [0.1, 0.15) is 0 Å². The van der Waals surface area contributed by atoms with E-state index >= 15 is 0 Å². The Kier molecular flexibility index (Phi) is 27.9. The summed E-state index contributed by atoms with van der Waals surface area (Å²) in [6, 6.07) is 0.236. The number of nitrogens with two attached hydrogens (primary N) is 1. The monoisotopic (exact) mass is 449 g/mol. The molecular formula is C30H59NO. The Labute approximate surface area is 202 Å². The van der Waals surface area contributed by atoms with Gasteiger partial charge in [-0.25, -0.2) is 0 Å². The molecule has 0 rings (SSSR count). The smallest absolute Gasteiger partial charge is 0.0617 e. The molecule has 0 saturated heterocycles. The molecule has 0 aliphatic carbocycles. The van der Waals surface area contributed by atoms with Gasteiger partial charge < -0.3 is 10.5 Å². The number of hydrogen-bond donors (Lipinski definition) is 1. The summed E-state index contributed by atoms with van der Waals surface area (Å²) in [4.78, 5) is 0. The Morgan fingerprint density at radius 2 is 1.03 bits per heavy atom. The van der Waals surface area contributed by atoms with Crippen LogP contribution < -0.4 is 5.73 Å². The Hall–Kier alpha value is -0.600. The molecule has 0 amide bonds. The van der Waals surface area contributed by atoms with Gasteiger partial charge in [-0.15, -0.1) is 0 Å². The van der Waals surface area contributed by atoms with Crippen LogP contribution in [0.25, 0.3) is 0 Å². The predicted octanol–water partition coefficient (Wildman–Crippen LogP) is 9.67. The molecular weight excluding hydrogens is 390 g/mol. The highest BCUT2D eigenvalue weighted by molar-refractivity contribution is 4.92. The number of rotatable bonds is 26. The summed E-state index contributed by atoms with van der Waals surface area (Å²) in [6.45, 7) is 6.18. The first kappa shape index (κ1) is 31.4. The Morgan fingerprint density at radius 3 is 1.66 bits per heavy atom. The van der Waals surface area contributed by atoms with Crippen molar-refractivity contribution < 1.29 is 4.74 Å². The maximum atomic E-state index is 6.19. The van der Waals surface area contributed by atoms with Crippen molar-refractivity contribution in [2.24, 2.45) is 5.73 Å². The molecule has 2 nitrogen and oxygen atoms in total. The summed E-state index contributed by atoms with van der Waals surface area (Å²) >= 11 is 0. The molecule has 0 bridgehead atoms. The predicted molar refractivity (Wildman–Crippen MR) is 145 cm³/mol. The zero-order valence-corrected chi connectivity index (χ0v) is 22.1. The summed E-state index contributed by atoms with van der Waals surface area (Å²) in [6.07, 6.45) is 36.9. The minimum Gasteiger partial charge on any atom is -0.380 e. The van der Waals surface area contributed by atoms with E-state index in [2.05, 4.69) is 38.2 Å². The van der Waals surface area contributed by atoms with E-state index in [0.717, 1.165) is 26.1 Å². The summed E-state index contributed by atoms with van der Waals surface area (Å²) < 4.78 is 5.80. The molecule has 0 aliphatic heterocycles. The summed E-state index contributed by atoms with van der Waals surface area (Å²) in [5.41, 5.74) is 6.19. The zero-order chi connectivity index (χ0) is 23.4. The van der Waals surface area contributed by atoms with Gasteiger partial charge in [0.05, 0.1) is 6.61 Å². The molecule has 0 aliphatic rings. The van der Waals surface area contributed by atoms with E-state index in [-0.39, 0.29) is 6.04 Å². The third kappa shape index (κ3) is 27.4. The van der Waals surface area contributed by atoms with Crippen LogP contribution in [0.4, 0.5) is 0 Å². The minimum absolute atomic E-state index is 0.236. The van der Waals surface area contributed by atoms with Gasteiger partial charge in [-0.3, -0.25) is 0 Å². The largest absolute Gasteiger partial charge is 0.380 e. The van der Waals surface area contributed by atoms with E-state index < -0.39 is 0 Å². The van der Waals surface area contributed by atoms with Crippen LogP contribution in [0.2, 0.25) is 0 Å². The first-order chi connectivity index (χ1) is 15.8. The molecule has 0 aromatic carbocycles. The van der Waals surface area contributed by atoms with Gasteiger partial charge in [0.2, 0.25) is 0 Å². The molecule has 0 unspecified atom stereocenters. The molecule has 0 spiro atoms. The summed E-state index contributed by atoms with van der Waals surface area (Å²) in [5.74, 6) is 0. The lowest BCUT2D eigenvalue weighted by molar-refractivity contribution is 0.114. The lowest BCUT2D eigenvalue weighted by atomic mass is 10.1. The Morgan fingerprint density at radius 1 is 0.562 bits per heavy atom. The highest BCUT2D eigenvalue weighted by atomic mass is 16.5. The molecule has 32 heavy (non-hydrogen) atoms. The zero-order valence-electron chi connectivity index (χ0n) is 22.1. The van der Waals surface area contributed by atoms with Crippen LogP contribution in [-0.4, -0.2) is 19.3 Å². The SMILES string of the molecule is CCCCC/C=C\C/C=C\CCCCCCCCOC[C@H](N)CCCCCCCCCC. The minimum atomic E-state index is 0.236. The van der Waals surface area contributed by atoms with Gasteiger partial charge in [0, 0.05) is 12.6 Å². The van der Waals surface area contributed by atoms with Crippen molar-refractivity contribution in [1.82, 2.24) is 0 Å². The average molecular weight is 450 g/mol. The van der Waals surface area contributed by atoms with Crippen molar-refractivity contribution in [3.05, 3.63) is 24.3 Å². The van der Waals surface area contributed by atoms with E-state index in [0.29, 0.717) is 0 Å². The molecule has 0 heterocycles. The maximum absolute atomic E-state index is 6.19. The highest BCUT2D eigenvalue weighted by Crippen LogP contribution is 2.11. The molecule has 2 heteroatoms. The normalized spacial score (nSPS) is 13.0. The van der Waals surface area contributed by atoms with Gasteiger partial charge in [0.25, 0.3) is 0 Å². The summed E-state index contributed by atoms with van der Waals surface area (Å²) in [5, 5.41) is 0. The van der Waals surface area contributed by atoms with E-state index in [1.807, 2.05) is 0 Å². The van der Waals surface area contributed by atoms with Gasteiger partial charge >= 0.3 is 0 Å². The van der Waals surface area contributed by atoms with Gasteiger partial charge in [-0.05, 0) is 44.9 Å². The molecule has 2 N–H and O–H groups in total. The number of hydrogen-bond acceptors (Lipinski definition) is 2. The van der Waals surface area contributed by atoms with Crippen molar-refractivity contribution >= 4 is 0 Å². The van der Waals surface area contributed by atoms with Crippen LogP contribution in [0.1, 0.15) is 149 Å². The molecule has 0 fully saturated rings. The number of allylic oxidation sites excluding steroid dienone is 4. The van der Waals surface area contributed by atoms with Crippen LogP contribution in [0.3, 0.4) is 0 Å². The fraction of sp³-hybridized carbons (Fsp3) is 0.867. The van der Waals surface area contributed by atoms with E-state index in [1.54, 1.807) is 0 Å². The van der Waals surface area contributed by atoms with Crippen LogP contribution in [0, 0.1) is 0 Å². The van der Waals surface area contributed by atoms with Gasteiger partial charge in [0.15, 0.2) is 0 Å². The second-order valence-corrected chi connectivity index (χ2v) is 9.68. The maximum Gasteiger partial charge on any atom is 0.0617 e. The number of ether oxygens (including phenoxy) is 1. The lowest BCUT2D eigenvalue weighted by Gasteiger charge is -2.12. The van der Waals surface area contributed by atoms with Crippen molar-refractivity contribution in [2.75, 3.05) is 13.2 Å². The van der Waals surface area contributed by atoms with E-state index in [4.69, 9.17) is 10.5 Å². The van der Waals surface area contributed by atoms with Crippen molar-refractivity contribution in [3.63, 3.8) is 0 Å². The molecule has 0 aromatic heterocycles. The number of unbranched alkanes of at least 4 members (excludes halogenated alkanes) is 16. The van der Waals surface area contributed by atoms with Gasteiger partial charge in [-0.1, -0.05) is 128 Å². The fourth-order valence-electron chi connectivity index (χ4n) is 4.05. The third-order valence-corrected chi connectivity index (χ3v) is 6.25. The van der Waals surface area contributed by atoms with E-state index in [1.165, 1.54) is 122 Å². The standard InChI is InChI=1S/C30H59NO/c1-3-5-7-9-11-13-14-15-16-17-18-19-20-22-24-26-28-32-29-30(31)27-25-23-21-12-10-8-6-4-2/h11,13,15-16,30H,3-10,12,14,17-29,31H2,1-2H3/b13-11-,16-15-/t30-/m1/s1. The fourth-order valence-corrected chi connectivity index (χ4v) is 4.05. The third-order valence-electron chi connectivity index (χ3n) is 6.25. The molecule has 0 radical (unpaired) electrons. The first-order valence-electron chi connectivity index (χ1n) is 14.4. The Bertz CT molecular complexity index is 390. The van der Waals surface area contributed by atoms with Gasteiger partial charge in [-0.2, -0.15) is 0 Å². The van der Waals surface area contributed by atoms with E-state index in [9.17, 15) is 0 Å². The quantitative estimate of drug-likeness (QED) is 0.105. The van der Waals surface area contributed by atoms with Crippen LogP contribution >= 0.6 is 0 Å². The average Bonchev–Trinajstić information content (AvgIpc) is 2.80. The molecule has 190 valence electrons. The van der Waals surface area contributed by atoms with Crippen LogP contribution in [-0.2, 0) is 4.74 Å². The van der Waals surface area contributed by atoms with Crippen molar-refractivity contribution in [1.29, 1.82) is 0 Å². The lowest BCUT2D eigenvalue weighted by Crippen LogP contribution is -2.26. The van der Waals surface area contributed by atoms with Crippen molar-refractivity contribution in [3.8, 4) is 0 Å². The molecule has 0 saturated carbocycles.